The minimum absolute atomic E-state index is 0.144. The second-order valence-corrected chi connectivity index (χ2v) is 7.34. The number of thioether (sulfide) groups is 1. The number of hydrogen-bond acceptors (Lipinski definition) is 5. The number of carbonyl (C=O) groups is 2. The van der Waals surface area contributed by atoms with Gasteiger partial charge in [0, 0.05) is 5.02 Å². The number of imide groups is 1. The van der Waals surface area contributed by atoms with Crippen LogP contribution in [-0.4, -0.2) is 16.0 Å². The van der Waals surface area contributed by atoms with Gasteiger partial charge in [0.15, 0.2) is 5.43 Å². The molecule has 1 aliphatic rings. The SMILES string of the molecule is O=C1S/C(=C/c2coc3ccccc3c2=O)C(=O)N1Cc1ccc(Cl)cc1. The Kier molecular flexibility index (Phi) is 4.59. The van der Waals surface area contributed by atoms with Gasteiger partial charge in [0.2, 0.25) is 0 Å². The average molecular weight is 398 g/mol. The molecule has 0 saturated carbocycles. The predicted molar refractivity (Wildman–Crippen MR) is 105 cm³/mol. The van der Waals surface area contributed by atoms with Crippen molar-refractivity contribution in [3.05, 3.63) is 86.1 Å². The smallest absolute Gasteiger partial charge is 0.293 e. The zero-order chi connectivity index (χ0) is 19.0. The van der Waals surface area contributed by atoms with E-state index in [4.69, 9.17) is 16.0 Å². The molecule has 0 bridgehead atoms. The zero-order valence-electron chi connectivity index (χ0n) is 13.8. The fourth-order valence-corrected chi connectivity index (χ4v) is 3.70. The van der Waals surface area contributed by atoms with Gasteiger partial charge < -0.3 is 4.42 Å². The van der Waals surface area contributed by atoms with Gasteiger partial charge in [-0.15, -0.1) is 0 Å². The molecule has 3 aromatic rings. The van der Waals surface area contributed by atoms with Crippen molar-refractivity contribution in [2.24, 2.45) is 0 Å². The summed E-state index contributed by atoms with van der Waals surface area (Å²) in [5, 5.41) is 0.619. The molecule has 2 heterocycles. The minimum atomic E-state index is -0.437. The van der Waals surface area contributed by atoms with Crippen LogP contribution < -0.4 is 5.43 Å². The lowest BCUT2D eigenvalue weighted by Gasteiger charge is -2.12. The van der Waals surface area contributed by atoms with E-state index in [1.54, 1.807) is 48.5 Å². The van der Waals surface area contributed by atoms with Crippen molar-refractivity contribution < 1.29 is 14.0 Å². The van der Waals surface area contributed by atoms with Crippen molar-refractivity contribution in [1.29, 1.82) is 0 Å². The normalized spacial score (nSPS) is 15.9. The molecule has 0 atom stereocenters. The molecule has 2 amide bonds. The molecule has 1 aromatic heterocycles. The maximum absolute atomic E-state index is 12.6. The highest BCUT2D eigenvalue weighted by atomic mass is 35.5. The van der Waals surface area contributed by atoms with Gasteiger partial charge in [-0.1, -0.05) is 35.9 Å². The molecule has 0 spiro atoms. The maximum atomic E-state index is 12.6. The van der Waals surface area contributed by atoms with E-state index in [0.717, 1.165) is 22.2 Å². The monoisotopic (exact) mass is 397 g/mol. The highest BCUT2D eigenvalue weighted by Gasteiger charge is 2.35. The second kappa shape index (κ2) is 7.06. The third kappa shape index (κ3) is 3.41. The van der Waals surface area contributed by atoms with Crippen molar-refractivity contribution in [3.8, 4) is 0 Å². The van der Waals surface area contributed by atoms with Crippen LogP contribution in [0.15, 0.2) is 68.9 Å². The molecule has 27 heavy (non-hydrogen) atoms. The standard InChI is InChI=1S/C20H12ClNO4S/c21-14-7-5-12(6-8-14)10-22-19(24)17(27-20(22)25)9-13-11-26-16-4-2-1-3-15(16)18(13)23/h1-9,11H,10H2/b17-9+. The van der Waals surface area contributed by atoms with Crippen molar-refractivity contribution >= 4 is 51.6 Å². The summed E-state index contributed by atoms with van der Waals surface area (Å²) in [7, 11) is 0. The Bertz CT molecular complexity index is 1150. The number of halogens is 1. The molecule has 0 unspecified atom stereocenters. The summed E-state index contributed by atoms with van der Waals surface area (Å²) in [5.41, 5.74) is 1.23. The van der Waals surface area contributed by atoms with Gasteiger partial charge in [0.25, 0.3) is 11.1 Å². The van der Waals surface area contributed by atoms with E-state index in [1.165, 1.54) is 12.3 Å². The first kappa shape index (κ1) is 17.6. The second-order valence-electron chi connectivity index (χ2n) is 5.91. The van der Waals surface area contributed by atoms with Crippen molar-refractivity contribution in [1.82, 2.24) is 4.90 Å². The van der Waals surface area contributed by atoms with Gasteiger partial charge >= 0.3 is 0 Å². The lowest BCUT2D eigenvalue weighted by molar-refractivity contribution is -0.123. The Morgan fingerprint density at radius 3 is 2.56 bits per heavy atom. The molecule has 1 saturated heterocycles. The first-order chi connectivity index (χ1) is 13.0. The fraction of sp³-hybridized carbons (Fsp3) is 0.0500. The van der Waals surface area contributed by atoms with Crippen LogP contribution in [0.4, 0.5) is 4.79 Å². The number of amides is 2. The largest absolute Gasteiger partial charge is 0.463 e. The Morgan fingerprint density at radius 1 is 1.04 bits per heavy atom. The van der Waals surface area contributed by atoms with Gasteiger partial charge in [0.1, 0.15) is 11.8 Å². The Balaban J connectivity index is 1.64. The van der Waals surface area contributed by atoms with Crippen LogP contribution in [0.3, 0.4) is 0 Å². The van der Waals surface area contributed by atoms with E-state index in [9.17, 15) is 14.4 Å². The third-order valence-corrected chi connectivity index (χ3v) is 5.28. The number of carbonyl (C=O) groups excluding carboxylic acids is 2. The van der Waals surface area contributed by atoms with Crippen LogP contribution in [0, 0.1) is 0 Å². The summed E-state index contributed by atoms with van der Waals surface area (Å²) in [6.45, 7) is 0.144. The molecule has 0 N–H and O–H groups in total. The Morgan fingerprint density at radius 2 is 1.78 bits per heavy atom. The molecular weight excluding hydrogens is 386 g/mol. The summed E-state index contributed by atoms with van der Waals surface area (Å²) >= 11 is 6.66. The van der Waals surface area contributed by atoms with Crippen LogP contribution in [0.25, 0.3) is 17.0 Å². The van der Waals surface area contributed by atoms with E-state index in [2.05, 4.69) is 0 Å². The van der Waals surface area contributed by atoms with Crippen LogP contribution in [0.5, 0.6) is 0 Å². The summed E-state index contributed by atoms with van der Waals surface area (Å²) in [4.78, 5) is 38.8. The number of nitrogens with zero attached hydrogens (tertiary/aromatic N) is 1. The minimum Gasteiger partial charge on any atom is -0.463 e. The van der Waals surface area contributed by atoms with E-state index < -0.39 is 5.91 Å². The number of fused-ring (bicyclic) bond motifs is 1. The van der Waals surface area contributed by atoms with Crippen molar-refractivity contribution in [3.63, 3.8) is 0 Å². The van der Waals surface area contributed by atoms with E-state index >= 15 is 0 Å². The molecule has 2 aromatic carbocycles. The van der Waals surface area contributed by atoms with Gasteiger partial charge in [-0.25, -0.2) is 0 Å². The number of rotatable bonds is 3. The summed E-state index contributed by atoms with van der Waals surface area (Å²) in [5.74, 6) is -0.437. The van der Waals surface area contributed by atoms with Gasteiger partial charge in [0.05, 0.1) is 22.4 Å². The van der Waals surface area contributed by atoms with E-state index in [1.807, 2.05) is 0 Å². The van der Waals surface area contributed by atoms with Crippen LogP contribution in [-0.2, 0) is 11.3 Å². The fourth-order valence-electron chi connectivity index (χ4n) is 2.74. The highest BCUT2D eigenvalue weighted by molar-refractivity contribution is 8.18. The summed E-state index contributed by atoms with van der Waals surface area (Å²) < 4.78 is 5.45. The molecule has 1 fully saturated rings. The molecular formula is C20H12ClNO4S. The predicted octanol–water partition coefficient (Wildman–Crippen LogP) is 4.68. The molecule has 7 heteroatoms. The van der Waals surface area contributed by atoms with E-state index in [-0.39, 0.29) is 27.7 Å². The Hall–Kier alpha value is -2.83. The van der Waals surface area contributed by atoms with Gasteiger partial charge in [-0.05, 0) is 47.7 Å². The van der Waals surface area contributed by atoms with Crippen LogP contribution in [0.2, 0.25) is 5.02 Å². The van der Waals surface area contributed by atoms with Crippen molar-refractivity contribution in [2.75, 3.05) is 0 Å². The first-order valence-corrected chi connectivity index (χ1v) is 9.23. The first-order valence-electron chi connectivity index (χ1n) is 8.03. The number of benzene rings is 2. The molecule has 5 nitrogen and oxygen atoms in total. The van der Waals surface area contributed by atoms with Gasteiger partial charge in [-0.2, -0.15) is 0 Å². The van der Waals surface area contributed by atoms with Crippen molar-refractivity contribution in [2.45, 2.75) is 6.54 Å². The topological polar surface area (TPSA) is 67.6 Å². The molecule has 1 aliphatic heterocycles. The summed E-state index contributed by atoms with van der Waals surface area (Å²) in [6, 6.07) is 13.8. The lowest BCUT2D eigenvalue weighted by atomic mass is 10.1. The third-order valence-electron chi connectivity index (χ3n) is 4.12. The highest BCUT2D eigenvalue weighted by Crippen LogP contribution is 2.33. The number of hydrogen-bond donors (Lipinski definition) is 0. The lowest BCUT2D eigenvalue weighted by Crippen LogP contribution is -2.27. The van der Waals surface area contributed by atoms with Crippen LogP contribution in [0.1, 0.15) is 11.1 Å². The van der Waals surface area contributed by atoms with E-state index in [0.29, 0.717) is 16.0 Å². The molecule has 0 radical (unpaired) electrons. The molecule has 4 rings (SSSR count). The maximum Gasteiger partial charge on any atom is 0.293 e. The van der Waals surface area contributed by atoms with Crippen LogP contribution >= 0.6 is 23.4 Å². The van der Waals surface area contributed by atoms with Gasteiger partial charge in [-0.3, -0.25) is 19.3 Å². The average Bonchev–Trinajstić information content (AvgIpc) is 2.93. The number of para-hydroxylation sites is 1. The molecule has 134 valence electrons. The zero-order valence-corrected chi connectivity index (χ0v) is 15.4. The Labute approximate surface area is 163 Å². The summed E-state index contributed by atoms with van der Waals surface area (Å²) in [6.07, 6.45) is 2.71. The quantitative estimate of drug-likeness (QED) is 0.600. The molecule has 0 aliphatic carbocycles.